The van der Waals surface area contributed by atoms with Gasteiger partial charge < -0.3 is 4.90 Å². The summed E-state index contributed by atoms with van der Waals surface area (Å²) in [6.45, 7) is 1.42. The molecule has 0 radical (unpaired) electrons. The number of hydrogen-bond acceptors (Lipinski definition) is 7. The first-order valence-corrected chi connectivity index (χ1v) is 18.9. The molecule has 14 heteroatoms. The first kappa shape index (κ1) is 30.3. The molecule has 2 N–H and O–H groups in total. The van der Waals surface area contributed by atoms with Crippen LogP contribution in [0.1, 0.15) is 64.2 Å². The Labute approximate surface area is 239 Å². The number of thioether (sulfide) groups is 2. The van der Waals surface area contributed by atoms with Crippen LogP contribution in [0.4, 0.5) is 0 Å². The summed E-state index contributed by atoms with van der Waals surface area (Å²) in [5.74, 6) is -0.459. The Hall–Kier alpha value is 0.310. The van der Waals surface area contributed by atoms with Crippen molar-refractivity contribution in [3.05, 3.63) is 11.1 Å². The Morgan fingerprint density at radius 1 is 0.865 bits per heavy atom. The van der Waals surface area contributed by atoms with E-state index in [4.69, 9.17) is 32.3 Å². The monoisotopic (exact) mass is 635 g/mol. The van der Waals surface area contributed by atoms with Gasteiger partial charge in [0.1, 0.15) is 6.54 Å². The van der Waals surface area contributed by atoms with Crippen LogP contribution in [0.15, 0.2) is 11.1 Å². The topological polar surface area (TPSA) is 115 Å². The molecule has 2 heterocycles. The minimum absolute atomic E-state index is 0.137. The number of halogens is 2. The second-order valence-electron chi connectivity index (χ2n) is 10.5. The van der Waals surface area contributed by atoms with Crippen LogP contribution in [0.2, 0.25) is 0 Å². The van der Waals surface area contributed by atoms with Gasteiger partial charge in [0, 0.05) is 47.5 Å². The van der Waals surface area contributed by atoms with Crippen molar-refractivity contribution < 1.29 is 30.5 Å². The first-order valence-electron chi connectivity index (χ1n) is 13.0. The molecule has 37 heavy (non-hydrogen) atoms. The molecule has 8 nitrogen and oxygen atoms in total. The van der Waals surface area contributed by atoms with Crippen LogP contribution in [0.5, 0.6) is 0 Å². The van der Waals surface area contributed by atoms with E-state index in [9.17, 15) is 16.8 Å². The molecule has 6 unspecified atom stereocenters. The van der Waals surface area contributed by atoms with E-state index in [1.807, 2.05) is 23.5 Å². The molecule has 1 saturated heterocycles. The highest BCUT2D eigenvalue weighted by Crippen LogP contribution is 2.48. The van der Waals surface area contributed by atoms with Crippen LogP contribution in [-0.4, -0.2) is 98.4 Å². The number of rotatable bonds is 11. The van der Waals surface area contributed by atoms with Crippen LogP contribution in [0, 0.1) is 0 Å². The predicted molar refractivity (Wildman–Crippen MR) is 154 cm³/mol. The third-order valence-corrected chi connectivity index (χ3v) is 12.9. The van der Waals surface area contributed by atoms with Gasteiger partial charge in [0.05, 0.1) is 21.8 Å². The molecule has 6 atom stereocenters. The molecule has 0 aromatic rings. The summed E-state index contributed by atoms with van der Waals surface area (Å²) >= 11 is 16.9. The maximum Gasteiger partial charge on any atom is 0.264 e. The molecule has 212 valence electrons. The van der Waals surface area contributed by atoms with Crippen LogP contribution in [0.3, 0.4) is 0 Å². The van der Waals surface area contributed by atoms with Crippen molar-refractivity contribution in [1.82, 2.24) is 4.90 Å². The Balaban J connectivity index is 1.55. The quantitative estimate of drug-likeness (QED) is 0.147. The zero-order chi connectivity index (χ0) is 26.8. The van der Waals surface area contributed by atoms with Crippen LogP contribution in [0.25, 0.3) is 0 Å². The summed E-state index contributed by atoms with van der Waals surface area (Å²) in [6, 6.07) is 0.617. The SMILES string of the molecule is O=S(=O)(O)CCCCN1C(=CC2=[N+](CCCCS(=O)(=O)O)C3CC(Cl)CCC3S2)SC2CCC(Cl)CC21. The van der Waals surface area contributed by atoms with E-state index in [1.54, 1.807) is 0 Å². The Bertz CT molecular complexity index is 1100. The first-order chi connectivity index (χ1) is 17.4. The Kier molecular flexibility index (Phi) is 10.5. The zero-order valence-electron chi connectivity index (χ0n) is 20.8. The molecule has 0 amide bonds. The van der Waals surface area contributed by atoms with Crippen molar-refractivity contribution in [2.45, 2.75) is 97.5 Å². The highest BCUT2D eigenvalue weighted by atomic mass is 35.5. The summed E-state index contributed by atoms with van der Waals surface area (Å²) < 4.78 is 65.3. The Morgan fingerprint density at radius 3 is 2.16 bits per heavy atom. The largest absolute Gasteiger partial charge is 0.362 e. The summed E-state index contributed by atoms with van der Waals surface area (Å²) in [4.78, 5) is 2.39. The molecule has 4 aliphatic rings. The van der Waals surface area contributed by atoms with Crippen molar-refractivity contribution in [3.63, 3.8) is 0 Å². The second-order valence-corrected chi connectivity index (χ2v) is 17.4. The van der Waals surface area contributed by atoms with Crippen LogP contribution < -0.4 is 0 Å². The molecule has 0 aromatic heterocycles. The lowest BCUT2D eigenvalue weighted by Gasteiger charge is -2.34. The molecular weight excluding hydrogens is 599 g/mol. The van der Waals surface area contributed by atoms with E-state index < -0.39 is 20.2 Å². The second kappa shape index (κ2) is 12.9. The van der Waals surface area contributed by atoms with Crippen LogP contribution >= 0.6 is 46.7 Å². The smallest absolute Gasteiger partial charge is 0.264 e. The fourth-order valence-corrected chi connectivity index (χ4v) is 10.7. The van der Waals surface area contributed by atoms with E-state index in [-0.39, 0.29) is 22.3 Å². The van der Waals surface area contributed by atoms with E-state index >= 15 is 0 Å². The van der Waals surface area contributed by atoms with Gasteiger partial charge in [-0.25, -0.2) is 4.58 Å². The van der Waals surface area contributed by atoms with Gasteiger partial charge in [0.15, 0.2) is 6.04 Å². The van der Waals surface area contributed by atoms with Gasteiger partial charge >= 0.3 is 0 Å². The standard InChI is InChI=1S/C23H36Cl2N2O6S4/c24-16-5-7-20-18(13-16)26(9-1-3-11-36(28,29)30)22(34-20)15-23-27(10-2-4-12-37(31,32)33)19-14-17(25)6-8-21(19)35-23/h15-21H,1-14H2,(H-,28,29,30,31,32,33)/p+1. The van der Waals surface area contributed by atoms with Gasteiger partial charge in [0.25, 0.3) is 20.2 Å². The van der Waals surface area contributed by atoms with E-state index in [0.717, 1.165) is 38.5 Å². The van der Waals surface area contributed by atoms with Gasteiger partial charge in [-0.2, -0.15) is 16.8 Å². The molecule has 2 aliphatic heterocycles. The normalized spacial score (nSPS) is 33.7. The molecule has 0 aromatic carbocycles. The number of alkyl halides is 2. The molecule has 2 saturated carbocycles. The van der Waals surface area contributed by atoms with Crippen molar-refractivity contribution in [1.29, 1.82) is 0 Å². The number of unbranched alkanes of at least 4 members (excludes halogenated alkanes) is 2. The highest BCUT2D eigenvalue weighted by Gasteiger charge is 2.47. The predicted octanol–water partition coefficient (Wildman–Crippen LogP) is 4.43. The highest BCUT2D eigenvalue weighted by molar-refractivity contribution is 8.15. The summed E-state index contributed by atoms with van der Waals surface area (Å²) in [7, 11) is -7.93. The maximum atomic E-state index is 11.2. The third-order valence-electron chi connectivity index (χ3n) is 7.64. The lowest BCUT2D eigenvalue weighted by atomic mass is 9.93. The lowest BCUT2D eigenvalue weighted by molar-refractivity contribution is -0.562. The molecule has 2 aliphatic carbocycles. The number of nitrogens with zero attached hydrogens (tertiary/aromatic N) is 2. The third kappa shape index (κ3) is 8.65. The van der Waals surface area contributed by atoms with E-state index in [1.165, 1.54) is 10.1 Å². The van der Waals surface area contributed by atoms with Crippen LogP contribution in [-0.2, 0) is 20.2 Å². The van der Waals surface area contributed by atoms with Gasteiger partial charge in [-0.3, -0.25) is 9.11 Å². The summed E-state index contributed by atoms with van der Waals surface area (Å²) in [5, 5.41) is 3.54. The molecule has 4 rings (SSSR count). The molecule has 3 fully saturated rings. The van der Waals surface area contributed by atoms with Crippen molar-refractivity contribution in [3.8, 4) is 0 Å². The number of hydrogen-bond donors (Lipinski definition) is 2. The van der Waals surface area contributed by atoms with Gasteiger partial charge in [-0.1, -0.05) is 0 Å². The summed E-state index contributed by atoms with van der Waals surface area (Å²) in [5.41, 5.74) is 0. The van der Waals surface area contributed by atoms with Gasteiger partial charge in [0.2, 0.25) is 5.04 Å². The molecule has 0 spiro atoms. The van der Waals surface area contributed by atoms with Gasteiger partial charge in [-0.15, -0.1) is 35.0 Å². The van der Waals surface area contributed by atoms with Crippen molar-refractivity contribution >= 4 is 72.0 Å². The van der Waals surface area contributed by atoms with E-state index in [0.29, 0.717) is 61.4 Å². The minimum Gasteiger partial charge on any atom is -0.362 e. The zero-order valence-corrected chi connectivity index (χ0v) is 25.5. The fraction of sp³-hybridized carbons (Fsp3) is 0.870. The minimum atomic E-state index is -3.97. The van der Waals surface area contributed by atoms with Crippen molar-refractivity contribution in [2.24, 2.45) is 0 Å². The van der Waals surface area contributed by atoms with E-state index in [2.05, 4.69) is 15.6 Å². The maximum absolute atomic E-state index is 11.2. The Morgan fingerprint density at radius 2 is 1.49 bits per heavy atom. The average Bonchev–Trinajstić information content (AvgIpc) is 3.30. The van der Waals surface area contributed by atoms with Crippen molar-refractivity contribution in [2.75, 3.05) is 24.6 Å². The molecule has 0 bridgehead atoms. The van der Waals surface area contributed by atoms with Gasteiger partial charge in [-0.05, 0) is 63.1 Å². The number of fused-ring (bicyclic) bond motifs is 2. The average molecular weight is 637 g/mol. The molecular formula is C23H37Cl2N2O6S4+. The fourth-order valence-electron chi connectivity index (χ4n) is 5.87. The summed E-state index contributed by atoms with van der Waals surface area (Å²) in [6.07, 6.45) is 10.3. The lowest BCUT2D eigenvalue weighted by Crippen LogP contribution is -2.40.